The molecule has 4 heteroatoms. The number of carbonyl (C=O) groups is 2. The van der Waals surface area contributed by atoms with Crippen molar-refractivity contribution in [1.29, 1.82) is 0 Å². The molecule has 18 heavy (non-hydrogen) atoms. The molecule has 98 valence electrons. The Morgan fingerprint density at radius 3 is 2.39 bits per heavy atom. The van der Waals surface area contributed by atoms with E-state index >= 15 is 0 Å². The summed E-state index contributed by atoms with van der Waals surface area (Å²) in [7, 11) is 0. The molecule has 1 rings (SSSR count). The zero-order valence-corrected chi connectivity index (χ0v) is 10.7. The van der Waals surface area contributed by atoms with Gasteiger partial charge >= 0.3 is 5.97 Å². The molecule has 1 aromatic rings. The SMILES string of the molecule is CC(CC(=O)O)NC(=O)C(C)Cc1ccccc1. The Balaban J connectivity index is 2.44. The molecule has 0 radical (unpaired) electrons. The van der Waals surface area contributed by atoms with E-state index in [2.05, 4.69) is 5.32 Å². The van der Waals surface area contributed by atoms with Crippen LogP contribution < -0.4 is 5.32 Å². The maximum atomic E-state index is 11.8. The monoisotopic (exact) mass is 249 g/mol. The highest BCUT2D eigenvalue weighted by Gasteiger charge is 2.16. The van der Waals surface area contributed by atoms with Gasteiger partial charge in [0.05, 0.1) is 6.42 Å². The van der Waals surface area contributed by atoms with Gasteiger partial charge in [-0.25, -0.2) is 0 Å². The summed E-state index contributed by atoms with van der Waals surface area (Å²) in [6, 6.07) is 9.42. The molecule has 0 aromatic heterocycles. The molecule has 4 nitrogen and oxygen atoms in total. The number of amides is 1. The lowest BCUT2D eigenvalue weighted by Crippen LogP contribution is -2.38. The van der Waals surface area contributed by atoms with Gasteiger partial charge < -0.3 is 10.4 Å². The van der Waals surface area contributed by atoms with Crippen molar-refractivity contribution in [2.45, 2.75) is 32.7 Å². The number of rotatable bonds is 6. The van der Waals surface area contributed by atoms with Gasteiger partial charge in [0, 0.05) is 12.0 Å². The third-order valence-electron chi connectivity index (χ3n) is 2.70. The van der Waals surface area contributed by atoms with E-state index < -0.39 is 5.97 Å². The number of hydrogen-bond acceptors (Lipinski definition) is 2. The number of carboxylic acid groups (broad SMARTS) is 1. The highest BCUT2D eigenvalue weighted by atomic mass is 16.4. The van der Waals surface area contributed by atoms with Crippen molar-refractivity contribution < 1.29 is 14.7 Å². The van der Waals surface area contributed by atoms with Crippen LogP contribution in [-0.2, 0) is 16.0 Å². The van der Waals surface area contributed by atoms with Crippen molar-refractivity contribution in [3.05, 3.63) is 35.9 Å². The highest BCUT2D eigenvalue weighted by molar-refractivity contribution is 5.79. The molecule has 2 atom stereocenters. The normalized spacial score (nSPS) is 13.7. The zero-order valence-electron chi connectivity index (χ0n) is 10.7. The number of carboxylic acids is 1. The quantitative estimate of drug-likeness (QED) is 0.808. The van der Waals surface area contributed by atoms with Gasteiger partial charge in [-0.1, -0.05) is 37.3 Å². The Kier molecular flexibility index (Phi) is 5.36. The summed E-state index contributed by atoms with van der Waals surface area (Å²) in [5.74, 6) is -1.17. The van der Waals surface area contributed by atoms with Crippen molar-refractivity contribution in [3.8, 4) is 0 Å². The molecule has 0 spiro atoms. The molecule has 0 fully saturated rings. The third-order valence-corrected chi connectivity index (χ3v) is 2.70. The summed E-state index contributed by atoms with van der Waals surface area (Å²) < 4.78 is 0. The molecule has 0 heterocycles. The minimum absolute atomic E-state index is 0.0518. The summed E-state index contributed by atoms with van der Waals surface area (Å²) in [6.45, 7) is 3.54. The van der Waals surface area contributed by atoms with Crippen LogP contribution in [0.15, 0.2) is 30.3 Å². The van der Waals surface area contributed by atoms with Gasteiger partial charge in [0.25, 0.3) is 0 Å². The first-order valence-corrected chi connectivity index (χ1v) is 6.05. The number of nitrogens with one attached hydrogen (secondary N) is 1. The number of benzene rings is 1. The standard InChI is InChI=1S/C14H19NO3/c1-10(8-12-6-4-3-5-7-12)14(18)15-11(2)9-13(16)17/h3-7,10-11H,8-9H2,1-2H3,(H,15,18)(H,16,17). The van der Waals surface area contributed by atoms with Crippen LogP contribution in [-0.4, -0.2) is 23.0 Å². The van der Waals surface area contributed by atoms with Crippen molar-refractivity contribution in [2.24, 2.45) is 5.92 Å². The van der Waals surface area contributed by atoms with Crippen molar-refractivity contribution >= 4 is 11.9 Å². The molecule has 1 amide bonds. The Morgan fingerprint density at radius 2 is 1.83 bits per heavy atom. The van der Waals surface area contributed by atoms with E-state index in [1.165, 1.54) is 0 Å². The number of carbonyl (C=O) groups excluding carboxylic acids is 1. The van der Waals surface area contributed by atoms with Crippen LogP contribution in [0.2, 0.25) is 0 Å². The second-order valence-electron chi connectivity index (χ2n) is 4.60. The summed E-state index contributed by atoms with van der Waals surface area (Å²) in [5.41, 5.74) is 1.10. The van der Waals surface area contributed by atoms with Crippen molar-refractivity contribution in [3.63, 3.8) is 0 Å². The molecule has 0 aliphatic rings. The lowest BCUT2D eigenvalue weighted by atomic mass is 10.00. The van der Waals surface area contributed by atoms with Gasteiger partial charge in [-0.3, -0.25) is 9.59 Å². The van der Waals surface area contributed by atoms with Crippen molar-refractivity contribution in [2.75, 3.05) is 0 Å². The van der Waals surface area contributed by atoms with Crippen LogP contribution in [0.5, 0.6) is 0 Å². The minimum Gasteiger partial charge on any atom is -0.481 e. The second kappa shape index (κ2) is 6.79. The predicted octanol–water partition coefficient (Wildman–Crippen LogP) is 1.84. The molecule has 2 unspecified atom stereocenters. The van der Waals surface area contributed by atoms with Gasteiger partial charge in [-0.05, 0) is 18.9 Å². The molecule has 2 N–H and O–H groups in total. The molecule has 0 bridgehead atoms. The molecular formula is C14H19NO3. The van der Waals surface area contributed by atoms with Gasteiger partial charge in [0.2, 0.25) is 5.91 Å². The molecule has 0 aliphatic carbocycles. The Morgan fingerprint density at radius 1 is 1.22 bits per heavy atom. The van der Waals surface area contributed by atoms with E-state index in [0.717, 1.165) is 5.56 Å². The van der Waals surface area contributed by atoms with Crippen LogP contribution in [0.3, 0.4) is 0 Å². The van der Waals surface area contributed by atoms with Crippen LogP contribution >= 0.6 is 0 Å². The number of hydrogen-bond donors (Lipinski definition) is 2. The molecule has 1 aromatic carbocycles. The van der Waals surface area contributed by atoms with Crippen LogP contribution in [0.1, 0.15) is 25.8 Å². The first kappa shape index (κ1) is 14.2. The van der Waals surface area contributed by atoms with E-state index in [-0.39, 0.29) is 24.3 Å². The fourth-order valence-electron chi connectivity index (χ4n) is 1.76. The first-order chi connectivity index (χ1) is 8.49. The second-order valence-corrected chi connectivity index (χ2v) is 4.60. The minimum atomic E-state index is -0.904. The predicted molar refractivity (Wildman–Crippen MR) is 69.2 cm³/mol. The summed E-state index contributed by atoms with van der Waals surface area (Å²) in [4.78, 5) is 22.3. The topological polar surface area (TPSA) is 66.4 Å². The zero-order chi connectivity index (χ0) is 13.5. The van der Waals surface area contributed by atoms with E-state index in [4.69, 9.17) is 5.11 Å². The summed E-state index contributed by atoms with van der Waals surface area (Å²) in [6.07, 6.45) is 0.607. The molecule has 0 saturated heterocycles. The largest absolute Gasteiger partial charge is 0.481 e. The van der Waals surface area contributed by atoms with Crippen LogP contribution in [0, 0.1) is 5.92 Å². The fraction of sp³-hybridized carbons (Fsp3) is 0.429. The molecular weight excluding hydrogens is 230 g/mol. The first-order valence-electron chi connectivity index (χ1n) is 6.05. The van der Waals surface area contributed by atoms with E-state index in [1.807, 2.05) is 37.3 Å². The van der Waals surface area contributed by atoms with Crippen LogP contribution in [0.4, 0.5) is 0 Å². The van der Waals surface area contributed by atoms with Crippen molar-refractivity contribution in [1.82, 2.24) is 5.32 Å². The maximum Gasteiger partial charge on any atom is 0.305 e. The summed E-state index contributed by atoms with van der Waals surface area (Å²) in [5, 5.41) is 11.3. The van der Waals surface area contributed by atoms with E-state index in [9.17, 15) is 9.59 Å². The smallest absolute Gasteiger partial charge is 0.305 e. The summed E-state index contributed by atoms with van der Waals surface area (Å²) >= 11 is 0. The van der Waals surface area contributed by atoms with Gasteiger partial charge in [-0.15, -0.1) is 0 Å². The lowest BCUT2D eigenvalue weighted by molar-refractivity contribution is -0.137. The lowest BCUT2D eigenvalue weighted by Gasteiger charge is -2.16. The average molecular weight is 249 g/mol. The molecule has 0 saturated carbocycles. The fourth-order valence-corrected chi connectivity index (χ4v) is 1.76. The maximum absolute atomic E-state index is 11.8. The Labute approximate surface area is 107 Å². The van der Waals surface area contributed by atoms with Crippen LogP contribution in [0.25, 0.3) is 0 Å². The van der Waals surface area contributed by atoms with E-state index in [0.29, 0.717) is 6.42 Å². The van der Waals surface area contributed by atoms with Gasteiger partial charge in [-0.2, -0.15) is 0 Å². The van der Waals surface area contributed by atoms with Gasteiger partial charge in [0.15, 0.2) is 0 Å². The third kappa shape index (κ3) is 4.99. The number of aliphatic carboxylic acids is 1. The van der Waals surface area contributed by atoms with E-state index in [1.54, 1.807) is 6.92 Å². The Bertz CT molecular complexity index is 403. The molecule has 0 aliphatic heterocycles. The van der Waals surface area contributed by atoms with Gasteiger partial charge in [0.1, 0.15) is 0 Å². The highest BCUT2D eigenvalue weighted by Crippen LogP contribution is 2.08. The average Bonchev–Trinajstić information content (AvgIpc) is 2.28. The Hall–Kier alpha value is -1.84.